The first kappa shape index (κ1) is 16.1. The third-order valence-corrected chi connectivity index (χ3v) is 6.78. The maximum atomic E-state index is 6.10. The quantitative estimate of drug-likeness (QED) is 0.789. The van der Waals surface area contributed by atoms with E-state index < -0.39 is 0 Å². The Bertz CT molecular complexity index is 320. The van der Waals surface area contributed by atoms with Crippen molar-refractivity contribution in [2.75, 3.05) is 37.7 Å². The van der Waals surface area contributed by atoms with Crippen LogP contribution in [0.4, 0.5) is 0 Å². The van der Waals surface area contributed by atoms with E-state index in [0.717, 1.165) is 12.6 Å². The molecular formula is C17H32N2OS. The number of piperidine rings is 1. The van der Waals surface area contributed by atoms with Crippen molar-refractivity contribution in [3.05, 3.63) is 0 Å². The molecule has 0 aromatic carbocycles. The second-order valence-electron chi connectivity index (χ2n) is 7.21. The number of likely N-dealkylation sites (tertiary alicyclic amines) is 1. The average molecular weight is 313 g/mol. The normalized spacial score (nSPS) is 38.1. The zero-order chi connectivity index (χ0) is 14.5. The van der Waals surface area contributed by atoms with Crippen LogP contribution in [0.5, 0.6) is 0 Å². The minimum atomic E-state index is 0.224. The SMILES string of the molecule is CC1CCCCN1CCCNC1CCOC2(CCSC2)C1. The summed E-state index contributed by atoms with van der Waals surface area (Å²) in [6, 6.07) is 1.50. The van der Waals surface area contributed by atoms with Crippen LogP contribution in [0.25, 0.3) is 0 Å². The molecule has 0 bridgehead atoms. The first-order chi connectivity index (χ1) is 10.3. The van der Waals surface area contributed by atoms with Gasteiger partial charge in [0.25, 0.3) is 0 Å². The molecule has 3 nitrogen and oxygen atoms in total. The molecule has 3 aliphatic rings. The van der Waals surface area contributed by atoms with E-state index in [-0.39, 0.29) is 5.60 Å². The van der Waals surface area contributed by atoms with Gasteiger partial charge in [0.05, 0.1) is 5.60 Å². The lowest BCUT2D eigenvalue weighted by atomic mass is 9.90. The number of nitrogens with zero attached hydrogens (tertiary/aromatic N) is 1. The van der Waals surface area contributed by atoms with Gasteiger partial charge in [-0.05, 0) is 70.8 Å². The summed E-state index contributed by atoms with van der Waals surface area (Å²) >= 11 is 2.07. The van der Waals surface area contributed by atoms with Gasteiger partial charge < -0.3 is 15.0 Å². The Labute approximate surface area is 134 Å². The summed E-state index contributed by atoms with van der Waals surface area (Å²) in [5.74, 6) is 2.51. The van der Waals surface area contributed by atoms with Gasteiger partial charge in [-0.15, -0.1) is 0 Å². The zero-order valence-electron chi connectivity index (χ0n) is 13.6. The van der Waals surface area contributed by atoms with Gasteiger partial charge in [-0.25, -0.2) is 0 Å². The van der Waals surface area contributed by atoms with E-state index >= 15 is 0 Å². The molecule has 0 aromatic rings. The van der Waals surface area contributed by atoms with Gasteiger partial charge in [0.15, 0.2) is 0 Å². The lowest BCUT2D eigenvalue weighted by Gasteiger charge is -2.38. The highest BCUT2D eigenvalue weighted by molar-refractivity contribution is 7.99. The van der Waals surface area contributed by atoms with Gasteiger partial charge in [0.1, 0.15) is 0 Å². The third kappa shape index (κ3) is 4.37. The van der Waals surface area contributed by atoms with Gasteiger partial charge in [0, 0.05) is 24.4 Å². The van der Waals surface area contributed by atoms with Crippen molar-refractivity contribution in [3.8, 4) is 0 Å². The van der Waals surface area contributed by atoms with Crippen LogP contribution in [0.1, 0.15) is 51.9 Å². The van der Waals surface area contributed by atoms with Gasteiger partial charge in [-0.2, -0.15) is 11.8 Å². The van der Waals surface area contributed by atoms with Crippen molar-refractivity contribution >= 4 is 11.8 Å². The van der Waals surface area contributed by atoms with Crippen molar-refractivity contribution in [1.82, 2.24) is 10.2 Å². The van der Waals surface area contributed by atoms with Crippen LogP contribution < -0.4 is 5.32 Å². The molecule has 3 rings (SSSR count). The number of hydrogen-bond donors (Lipinski definition) is 1. The number of ether oxygens (including phenoxy) is 1. The van der Waals surface area contributed by atoms with Crippen LogP contribution >= 0.6 is 11.8 Å². The molecule has 122 valence electrons. The monoisotopic (exact) mass is 312 g/mol. The Morgan fingerprint density at radius 2 is 2.29 bits per heavy atom. The molecule has 3 fully saturated rings. The molecule has 0 aliphatic carbocycles. The predicted octanol–water partition coefficient (Wildman–Crippen LogP) is 2.90. The standard InChI is InChI=1S/C17H32N2OS/c1-15-5-2-3-9-19(15)10-4-8-18-16-6-11-20-17(13-16)7-12-21-14-17/h15-16,18H,2-14H2,1H3. The molecule has 0 amide bonds. The van der Waals surface area contributed by atoms with Crippen molar-refractivity contribution in [2.24, 2.45) is 0 Å². The highest BCUT2D eigenvalue weighted by atomic mass is 32.2. The lowest BCUT2D eigenvalue weighted by Crippen LogP contribution is -2.47. The Kier molecular flexibility index (Phi) is 5.88. The molecule has 3 heterocycles. The Balaban J connectivity index is 1.33. The first-order valence-electron chi connectivity index (χ1n) is 8.97. The topological polar surface area (TPSA) is 24.5 Å². The van der Waals surface area contributed by atoms with E-state index in [1.165, 1.54) is 76.1 Å². The molecule has 3 aliphatic heterocycles. The number of hydrogen-bond acceptors (Lipinski definition) is 4. The largest absolute Gasteiger partial charge is 0.374 e. The van der Waals surface area contributed by atoms with E-state index in [0.29, 0.717) is 6.04 Å². The van der Waals surface area contributed by atoms with E-state index in [9.17, 15) is 0 Å². The van der Waals surface area contributed by atoms with Crippen LogP contribution in [0, 0.1) is 0 Å². The number of nitrogens with one attached hydrogen (secondary N) is 1. The van der Waals surface area contributed by atoms with Gasteiger partial charge >= 0.3 is 0 Å². The van der Waals surface area contributed by atoms with E-state index in [2.05, 4.69) is 28.9 Å². The Hall–Kier alpha value is 0.230. The summed E-state index contributed by atoms with van der Waals surface area (Å²) in [5.41, 5.74) is 0.224. The van der Waals surface area contributed by atoms with Crippen LogP contribution in [0.3, 0.4) is 0 Å². The summed E-state index contributed by atoms with van der Waals surface area (Å²) in [7, 11) is 0. The summed E-state index contributed by atoms with van der Waals surface area (Å²) in [5, 5.41) is 3.81. The molecule has 0 aromatic heterocycles. The lowest BCUT2D eigenvalue weighted by molar-refractivity contribution is -0.0700. The fourth-order valence-corrected chi connectivity index (χ4v) is 5.52. The number of thioether (sulfide) groups is 1. The van der Waals surface area contributed by atoms with Gasteiger partial charge in [-0.3, -0.25) is 0 Å². The average Bonchev–Trinajstić information content (AvgIpc) is 2.93. The second kappa shape index (κ2) is 7.67. The van der Waals surface area contributed by atoms with E-state index in [4.69, 9.17) is 4.74 Å². The Morgan fingerprint density at radius 3 is 3.10 bits per heavy atom. The molecule has 21 heavy (non-hydrogen) atoms. The zero-order valence-corrected chi connectivity index (χ0v) is 14.4. The summed E-state index contributed by atoms with van der Waals surface area (Å²) in [6.07, 6.45) is 9.22. The third-order valence-electron chi connectivity index (χ3n) is 5.56. The predicted molar refractivity (Wildman–Crippen MR) is 91.2 cm³/mol. The summed E-state index contributed by atoms with van der Waals surface area (Å²) in [6.45, 7) is 7.13. The van der Waals surface area contributed by atoms with Crippen LogP contribution in [-0.2, 0) is 4.74 Å². The highest BCUT2D eigenvalue weighted by Gasteiger charge is 2.40. The van der Waals surface area contributed by atoms with E-state index in [1.807, 2.05) is 0 Å². The molecule has 0 radical (unpaired) electrons. The second-order valence-corrected chi connectivity index (χ2v) is 8.32. The number of rotatable bonds is 5. The minimum absolute atomic E-state index is 0.224. The van der Waals surface area contributed by atoms with Crippen LogP contribution in [0.15, 0.2) is 0 Å². The molecule has 3 saturated heterocycles. The minimum Gasteiger partial charge on any atom is -0.374 e. The van der Waals surface area contributed by atoms with Crippen molar-refractivity contribution in [1.29, 1.82) is 0 Å². The van der Waals surface area contributed by atoms with Crippen molar-refractivity contribution in [2.45, 2.75) is 69.6 Å². The fourth-order valence-electron chi connectivity index (χ4n) is 4.14. The Morgan fingerprint density at radius 1 is 1.33 bits per heavy atom. The van der Waals surface area contributed by atoms with E-state index in [1.54, 1.807) is 0 Å². The maximum absolute atomic E-state index is 6.10. The smallest absolute Gasteiger partial charge is 0.0795 e. The molecule has 0 saturated carbocycles. The van der Waals surface area contributed by atoms with Crippen molar-refractivity contribution in [3.63, 3.8) is 0 Å². The molecule has 4 heteroatoms. The highest BCUT2D eigenvalue weighted by Crippen LogP contribution is 2.38. The molecule has 1 N–H and O–H groups in total. The first-order valence-corrected chi connectivity index (χ1v) is 10.1. The van der Waals surface area contributed by atoms with Crippen molar-refractivity contribution < 1.29 is 4.74 Å². The van der Waals surface area contributed by atoms with Crippen LogP contribution in [0.2, 0.25) is 0 Å². The molecule has 1 spiro atoms. The molecule has 3 atom stereocenters. The molecule has 3 unspecified atom stereocenters. The maximum Gasteiger partial charge on any atom is 0.0795 e. The summed E-state index contributed by atoms with van der Waals surface area (Å²) in [4.78, 5) is 2.68. The van der Waals surface area contributed by atoms with Gasteiger partial charge in [-0.1, -0.05) is 6.42 Å². The van der Waals surface area contributed by atoms with Gasteiger partial charge in [0.2, 0.25) is 0 Å². The summed E-state index contributed by atoms with van der Waals surface area (Å²) < 4.78 is 6.10. The fraction of sp³-hybridized carbons (Fsp3) is 1.00. The molecular weight excluding hydrogens is 280 g/mol. The van der Waals surface area contributed by atoms with Crippen LogP contribution in [-0.4, -0.2) is 60.3 Å².